The molecule has 2 fully saturated rings. The maximum absolute atomic E-state index is 12.7. The van der Waals surface area contributed by atoms with Crippen molar-refractivity contribution in [1.82, 2.24) is 24.4 Å². The minimum absolute atomic E-state index is 0.0666. The number of fused-ring (bicyclic) bond motifs is 1. The molecule has 1 spiro atoms. The lowest BCUT2D eigenvalue weighted by Crippen LogP contribution is -2.45. The molecular formula is C22H25N5O5. The van der Waals surface area contributed by atoms with E-state index in [0.29, 0.717) is 45.3 Å². The number of hydrogen-bond donors (Lipinski definition) is 2. The van der Waals surface area contributed by atoms with Crippen LogP contribution in [0.4, 0.5) is 0 Å². The van der Waals surface area contributed by atoms with Gasteiger partial charge in [0.1, 0.15) is 6.10 Å². The maximum atomic E-state index is 12.7. The fourth-order valence-corrected chi connectivity index (χ4v) is 4.56. The van der Waals surface area contributed by atoms with Gasteiger partial charge in [0.15, 0.2) is 0 Å². The molecule has 10 nitrogen and oxygen atoms in total. The number of carboxylic acid groups (broad SMARTS) is 1. The Morgan fingerprint density at radius 1 is 1.31 bits per heavy atom. The Kier molecular flexibility index (Phi) is 6.20. The van der Waals surface area contributed by atoms with Crippen molar-refractivity contribution in [2.45, 2.75) is 38.3 Å². The summed E-state index contributed by atoms with van der Waals surface area (Å²) in [5.74, 6) is -0.0514. The number of para-hydroxylation sites is 2. The molecule has 2 aromatic heterocycles. The van der Waals surface area contributed by atoms with Gasteiger partial charge in [0.05, 0.1) is 42.1 Å². The Morgan fingerprint density at radius 3 is 2.78 bits per heavy atom. The first-order valence-corrected chi connectivity index (χ1v) is 10.5. The van der Waals surface area contributed by atoms with Crippen molar-refractivity contribution in [3.8, 4) is 0 Å². The molecule has 1 atom stereocenters. The zero-order valence-electron chi connectivity index (χ0n) is 17.5. The average Bonchev–Trinajstić information content (AvgIpc) is 3.51. The van der Waals surface area contributed by atoms with Crippen LogP contribution in [-0.2, 0) is 32.1 Å². The maximum Gasteiger partial charge on any atom is 0.312 e. The van der Waals surface area contributed by atoms with E-state index in [2.05, 4.69) is 19.5 Å². The molecule has 3 aromatic rings. The molecule has 0 radical (unpaired) electrons. The molecule has 5 rings (SSSR count). The van der Waals surface area contributed by atoms with E-state index in [1.807, 2.05) is 29.2 Å². The van der Waals surface area contributed by atoms with E-state index in [4.69, 9.17) is 14.6 Å². The van der Waals surface area contributed by atoms with Crippen LogP contribution in [0.3, 0.4) is 0 Å². The van der Waals surface area contributed by atoms with E-state index in [9.17, 15) is 9.59 Å². The van der Waals surface area contributed by atoms with Crippen LogP contribution in [0.2, 0.25) is 0 Å². The van der Waals surface area contributed by atoms with Gasteiger partial charge >= 0.3 is 5.97 Å². The van der Waals surface area contributed by atoms with Crippen molar-refractivity contribution < 1.29 is 24.2 Å². The van der Waals surface area contributed by atoms with Gasteiger partial charge in [-0.25, -0.2) is 9.97 Å². The average molecular weight is 439 g/mol. The third-order valence-electron chi connectivity index (χ3n) is 6.22. The minimum atomic E-state index is -0.466. The lowest BCUT2D eigenvalue weighted by Gasteiger charge is -2.36. The van der Waals surface area contributed by atoms with E-state index in [0.717, 1.165) is 16.7 Å². The number of cyclic esters (lactones) is 1. The van der Waals surface area contributed by atoms with Crippen LogP contribution in [0.5, 0.6) is 0 Å². The number of H-pyrrole nitrogens is 1. The number of ether oxygens (including phenoxy) is 1. The Balaban J connectivity index is 0.000000775. The zero-order chi connectivity index (χ0) is 22.6. The van der Waals surface area contributed by atoms with Crippen molar-refractivity contribution in [3.63, 3.8) is 0 Å². The monoisotopic (exact) mass is 439 g/mol. The van der Waals surface area contributed by atoms with E-state index in [1.54, 1.807) is 18.9 Å². The predicted molar refractivity (Wildman–Crippen MR) is 113 cm³/mol. The topological polar surface area (TPSA) is 130 Å². The number of piperidine rings is 1. The predicted octanol–water partition coefficient (Wildman–Crippen LogP) is 1.63. The molecule has 0 saturated carbocycles. The summed E-state index contributed by atoms with van der Waals surface area (Å²) in [5.41, 5.74) is 2.33. The Hall–Kier alpha value is -3.69. The van der Waals surface area contributed by atoms with Gasteiger partial charge in [-0.15, -0.1) is 0 Å². The third-order valence-corrected chi connectivity index (χ3v) is 6.22. The third kappa shape index (κ3) is 4.34. The van der Waals surface area contributed by atoms with Gasteiger partial charge < -0.3 is 24.3 Å². The molecule has 1 unspecified atom stereocenters. The SMILES string of the molecule is O=C(Cc1cnc[nH]1)N1CCC2(CC1)CC(Cn1cnc3ccccc31)OC2=O.O=CO. The molecule has 2 saturated heterocycles. The molecule has 10 heteroatoms. The summed E-state index contributed by atoms with van der Waals surface area (Å²) in [6.45, 7) is 1.53. The smallest absolute Gasteiger partial charge is 0.312 e. The fourth-order valence-electron chi connectivity index (χ4n) is 4.56. The first kappa shape index (κ1) is 21.5. The molecule has 2 aliphatic heterocycles. The van der Waals surface area contributed by atoms with Crippen LogP contribution in [0.25, 0.3) is 11.0 Å². The van der Waals surface area contributed by atoms with Gasteiger partial charge in [0.2, 0.25) is 5.91 Å². The number of esters is 1. The number of amides is 1. The normalized spacial score (nSPS) is 19.4. The van der Waals surface area contributed by atoms with Crippen molar-refractivity contribution in [3.05, 3.63) is 48.8 Å². The second-order valence-electron chi connectivity index (χ2n) is 8.14. The molecule has 4 heterocycles. The summed E-state index contributed by atoms with van der Waals surface area (Å²) in [5, 5.41) is 6.89. The molecule has 0 bridgehead atoms. The highest BCUT2D eigenvalue weighted by Gasteiger charge is 2.50. The van der Waals surface area contributed by atoms with Crippen LogP contribution < -0.4 is 0 Å². The Morgan fingerprint density at radius 2 is 2.06 bits per heavy atom. The van der Waals surface area contributed by atoms with E-state index in [-0.39, 0.29) is 24.5 Å². The van der Waals surface area contributed by atoms with E-state index in [1.165, 1.54) is 0 Å². The summed E-state index contributed by atoms with van der Waals surface area (Å²) in [6.07, 6.45) is 7.21. The summed E-state index contributed by atoms with van der Waals surface area (Å²) in [4.78, 5) is 46.8. The highest BCUT2D eigenvalue weighted by Crippen LogP contribution is 2.43. The zero-order valence-corrected chi connectivity index (χ0v) is 17.5. The second-order valence-corrected chi connectivity index (χ2v) is 8.14. The summed E-state index contributed by atoms with van der Waals surface area (Å²) < 4.78 is 7.80. The molecular weight excluding hydrogens is 414 g/mol. The van der Waals surface area contributed by atoms with Crippen molar-refractivity contribution >= 4 is 29.4 Å². The summed E-state index contributed by atoms with van der Waals surface area (Å²) in [7, 11) is 0. The van der Waals surface area contributed by atoms with Gasteiger partial charge in [-0.2, -0.15) is 0 Å². The molecule has 1 amide bonds. The van der Waals surface area contributed by atoms with Gasteiger partial charge in [-0.05, 0) is 25.0 Å². The number of likely N-dealkylation sites (tertiary alicyclic amines) is 1. The first-order valence-electron chi connectivity index (χ1n) is 10.5. The first-order chi connectivity index (χ1) is 15.5. The van der Waals surface area contributed by atoms with Gasteiger partial charge in [-0.3, -0.25) is 14.4 Å². The van der Waals surface area contributed by atoms with Crippen molar-refractivity contribution in [1.29, 1.82) is 0 Å². The van der Waals surface area contributed by atoms with Crippen LogP contribution in [0.15, 0.2) is 43.1 Å². The number of imidazole rings is 2. The number of aromatic nitrogens is 4. The summed E-state index contributed by atoms with van der Waals surface area (Å²) in [6, 6.07) is 7.95. The van der Waals surface area contributed by atoms with Crippen LogP contribution in [0.1, 0.15) is 25.0 Å². The fraction of sp³-hybridized carbons (Fsp3) is 0.409. The molecule has 0 aliphatic carbocycles. The standard InChI is InChI=1S/C21H23N5O3.CH2O2/c27-19(9-15-11-22-13-23-15)25-7-5-21(6-8-25)10-16(29-20(21)28)12-26-14-24-17-3-1-2-4-18(17)26;2-1-3/h1-4,11,13-14,16H,5-10,12H2,(H,22,23);1H,(H,2,3). The van der Waals surface area contributed by atoms with Crippen molar-refractivity contribution in [2.75, 3.05) is 13.1 Å². The molecule has 32 heavy (non-hydrogen) atoms. The molecule has 2 N–H and O–H groups in total. The van der Waals surface area contributed by atoms with Crippen LogP contribution in [-0.4, -0.2) is 67.1 Å². The lowest BCUT2D eigenvalue weighted by atomic mass is 9.76. The number of carbonyl (C=O) groups excluding carboxylic acids is 2. The summed E-state index contributed by atoms with van der Waals surface area (Å²) >= 11 is 0. The van der Waals surface area contributed by atoms with Crippen molar-refractivity contribution in [2.24, 2.45) is 5.41 Å². The van der Waals surface area contributed by atoms with E-state index < -0.39 is 5.41 Å². The van der Waals surface area contributed by atoms with Gasteiger partial charge in [0, 0.05) is 31.4 Å². The Labute approximate surface area is 184 Å². The number of nitrogens with zero attached hydrogens (tertiary/aromatic N) is 4. The molecule has 168 valence electrons. The number of rotatable bonds is 4. The number of nitrogens with one attached hydrogen (secondary N) is 1. The quantitative estimate of drug-likeness (QED) is 0.467. The lowest BCUT2D eigenvalue weighted by molar-refractivity contribution is -0.152. The number of aromatic amines is 1. The second kappa shape index (κ2) is 9.21. The minimum Gasteiger partial charge on any atom is -0.483 e. The highest BCUT2D eigenvalue weighted by atomic mass is 16.6. The highest BCUT2D eigenvalue weighted by molar-refractivity contribution is 5.81. The number of carbonyl (C=O) groups is 3. The van der Waals surface area contributed by atoms with Gasteiger partial charge in [-0.1, -0.05) is 12.1 Å². The number of hydrogen-bond acceptors (Lipinski definition) is 6. The largest absolute Gasteiger partial charge is 0.483 e. The van der Waals surface area contributed by atoms with Gasteiger partial charge in [0.25, 0.3) is 6.47 Å². The Bertz CT molecular complexity index is 1090. The molecule has 2 aliphatic rings. The number of benzene rings is 1. The van der Waals surface area contributed by atoms with Crippen LogP contribution >= 0.6 is 0 Å². The van der Waals surface area contributed by atoms with E-state index >= 15 is 0 Å². The molecule has 1 aromatic carbocycles. The van der Waals surface area contributed by atoms with Crippen LogP contribution in [0, 0.1) is 5.41 Å².